The van der Waals surface area contributed by atoms with E-state index in [0.29, 0.717) is 22.9 Å². The minimum atomic E-state index is -0.522. The van der Waals surface area contributed by atoms with Gasteiger partial charge in [0, 0.05) is 39.5 Å². The van der Waals surface area contributed by atoms with Crippen molar-refractivity contribution in [2.75, 3.05) is 11.1 Å². The number of rotatable bonds is 7. The largest absolute Gasteiger partial charge is 0.390 e. The maximum Gasteiger partial charge on any atom is 0.255 e. The van der Waals surface area contributed by atoms with Crippen molar-refractivity contribution in [3.8, 4) is 0 Å². The van der Waals surface area contributed by atoms with Crippen molar-refractivity contribution < 1.29 is 9.90 Å². The molecule has 0 saturated carbocycles. The number of aliphatic hydroxyl groups excluding tert-OH is 1. The van der Waals surface area contributed by atoms with Gasteiger partial charge in [0.2, 0.25) is 0 Å². The highest BCUT2D eigenvalue weighted by Gasteiger charge is 2.12. The number of hydrogen-bond donors (Lipinski definition) is 2. The van der Waals surface area contributed by atoms with Gasteiger partial charge in [0.05, 0.1) is 11.8 Å². The van der Waals surface area contributed by atoms with Crippen molar-refractivity contribution in [3.63, 3.8) is 0 Å². The molecule has 0 aliphatic heterocycles. The first-order chi connectivity index (χ1) is 14.6. The van der Waals surface area contributed by atoms with Gasteiger partial charge in [-0.15, -0.1) is 11.8 Å². The fourth-order valence-electron chi connectivity index (χ4n) is 3.26. The molecule has 152 valence electrons. The highest BCUT2D eigenvalue weighted by molar-refractivity contribution is 7.99. The highest BCUT2D eigenvalue weighted by Crippen LogP contribution is 2.28. The first-order valence-electron chi connectivity index (χ1n) is 9.61. The van der Waals surface area contributed by atoms with Crippen molar-refractivity contribution in [1.82, 2.24) is 4.57 Å². The van der Waals surface area contributed by atoms with Gasteiger partial charge in [0.15, 0.2) is 0 Å². The predicted octanol–water partition coefficient (Wildman–Crippen LogP) is 5.70. The van der Waals surface area contributed by atoms with E-state index in [1.807, 2.05) is 42.6 Å². The van der Waals surface area contributed by atoms with Gasteiger partial charge in [-0.25, -0.2) is 0 Å². The van der Waals surface area contributed by atoms with Gasteiger partial charge < -0.3 is 15.0 Å². The number of aliphatic hydroxyl groups is 1. The van der Waals surface area contributed by atoms with Crippen LogP contribution in [0.3, 0.4) is 0 Å². The van der Waals surface area contributed by atoms with Gasteiger partial charge in [0.1, 0.15) is 0 Å². The molecule has 0 aliphatic carbocycles. The van der Waals surface area contributed by atoms with Crippen LogP contribution in [0.15, 0.2) is 90.0 Å². The minimum absolute atomic E-state index is 0.195. The van der Waals surface area contributed by atoms with Gasteiger partial charge in [-0.3, -0.25) is 4.79 Å². The van der Waals surface area contributed by atoms with E-state index in [4.69, 9.17) is 11.6 Å². The minimum Gasteiger partial charge on any atom is -0.390 e. The quantitative estimate of drug-likeness (QED) is 0.365. The molecule has 30 heavy (non-hydrogen) atoms. The molecule has 0 radical (unpaired) electrons. The second-order valence-electron chi connectivity index (χ2n) is 6.95. The number of anilines is 1. The molecule has 0 unspecified atom stereocenters. The maximum absolute atomic E-state index is 12.5. The second kappa shape index (κ2) is 9.39. The van der Waals surface area contributed by atoms with Crippen LogP contribution in [0.4, 0.5) is 5.69 Å². The molecule has 0 bridgehead atoms. The van der Waals surface area contributed by atoms with Crippen LogP contribution in [-0.4, -0.2) is 27.4 Å². The number of carbonyl (C=O) groups is 1. The Labute approximate surface area is 184 Å². The molecule has 0 fully saturated rings. The SMILES string of the molecule is O=C(Nc1ccccc1SC[C@H](O)Cn1ccc2ccccc21)c1ccc(Cl)cc1. The summed E-state index contributed by atoms with van der Waals surface area (Å²) in [5, 5.41) is 15.3. The zero-order valence-corrected chi connectivity index (χ0v) is 17.7. The summed E-state index contributed by atoms with van der Waals surface area (Å²) in [6, 6.07) is 24.6. The molecule has 1 atom stereocenters. The standard InChI is InChI=1S/C24H21ClN2O2S/c25-19-11-9-18(10-12-19)24(29)26-21-6-2-4-8-23(21)30-16-20(28)15-27-14-13-17-5-1-3-7-22(17)27/h1-14,20,28H,15-16H2,(H,26,29)/t20-/m1/s1. The first-order valence-corrected chi connectivity index (χ1v) is 11.0. The molecule has 3 aromatic carbocycles. The molecule has 6 heteroatoms. The van der Waals surface area contributed by atoms with Gasteiger partial charge in [-0.2, -0.15) is 0 Å². The van der Waals surface area contributed by atoms with Gasteiger partial charge in [-0.05, 0) is 53.9 Å². The Hall–Kier alpha value is -2.73. The first kappa shape index (κ1) is 20.5. The van der Waals surface area contributed by atoms with Crippen molar-refractivity contribution in [1.29, 1.82) is 0 Å². The number of halogens is 1. The van der Waals surface area contributed by atoms with E-state index in [9.17, 15) is 9.90 Å². The van der Waals surface area contributed by atoms with Crippen LogP contribution in [0.25, 0.3) is 10.9 Å². The molecule has 1 aromatic heterocycles. The lowest BCUT2D eigenvalue weighted by Crippen LogP contribution is -2.18. The molecule has 4 nitrogen and oxygen atoms in total. The molecule has 1 amide bonds. The van der Waals surface area contributed by atoms with Crippen LogP contribution in [0, 0.1) is 0 Å². The molecule has 1 heterocycles. The number of nitrogens with one attached hydrogen (secondary N) is 1. The summed E-state index contributed by atoms with van der Waals surface area (Å²) in [6.45, 7) is 0.514. The third-order valence-corrected chi connectivity index (χ3v) is 6.23. The lowest BCUT2D eigenvalue weighted by Gasteiger charge is -2.15. The number of carbonyl (C=O) groups excluding carboxylic acids is 1. The number of amides is 1. The lowest BCUT2D eigenvalue weighted by atomic mass is 10.2. The number of fused-ring (bicyclic) bond motifs is 1. The van der Waals surface area contributed by atoms with Crippen molar-refractivity contribution >= 4 is 45.9 Å². The number of nitrogens with zero attached hydrogens (tertiary/aromatic N) is 1. The third-order valence-electron chi connectivity index (χ3n) is 4.76. The second-order valence-corrected chi connectivity index (χ2v) is 8.45. The summed E-state index contributed by atoms with van der Waals surface area (Å²) in [7, 11) is 0. The maximum atomic E-state index is 12.5. The Morgan fingerprint density at radius 3 is 2.57 bits per heavy atom. The monoisotopic (exact) mass is 436 g/mol. The summed E-state index contributed by atoms with van der Waals surface area (Å²) >= 11 is 7.42. The molecule has 0 aliphatic rings. The van der Waals surface area contributed by atoms with Crippen LogP contribution in [0.1, 0.15) is 10.4 Å². The van der Waals surface area contributed by atoms with E-state index in [2.05, 4.69) is 28.1 Å². The summed E-state index contributed by atoms with van der Waals surface area (Å²) in [4.78, 5) is 13.4. The lowest BCUT2D eigenvalue weighted by molar-refractivity contribution is 0.102. The Morgan fingerprint density at radius 2 is 1.73 bits per heavy atom. The average Bonchev–Trinajstić information content (AvgIpc) is 3.16. The van der Waals surface area contributed by atoms with Crippen molar-refractivity contribution in [2.45, 2.75) is 17.5 Å². The number of aromatic nitrogens is 1. The van der Waals surface area contributed by atoms with E-state index < -0.39 is 6.10 Å². The summed E-state index contributed by atoms with van der Waals surface area (Å²) in [6.07, 6.45) is 1.48. The third kappa shape index (κ3) is 4.87. The smallest absolute Gasteiger partial charge is 0.255 e. The Kier molecular flexibility index (Phi) is 6.43. The number of benzene rings is 3. The Bertz CT molecular complexity index is 1160. The molecule has 4 rings (SSSR count). The van der Waals surface area contributed by atoms with Gasteiger partial charge in [-0.1, -0.05) is 41.9 Å². The van der Waals surface area contributed by atoms with E-state index in [1.54, 1.807) is 24.3 Å². The van der Waals surface area contributed by atoms with Crippen LogP contribution in [-0.2, 0) is 6.54 Å². The summed E-state index contributed by atoms with van der Waals surface area (Å²) in [5.74, 6) is 0.319. The Balaban J connectivity index is 1.40. The molecule has 2 N–H and O–H groups in total. The van der Waals surface area contributed by atoms with Crippen LogP contribution in [0.2, 0.25) is 5.02 Å². The molecule has 0 saturated heterocycles. The van der Waals surface area contributed by atoms with Crippen molar-refractivity contribution in [3.05, 3.63) is 95.6 Å². The summed E-state index contributed by atoms with van der Waals surface area (Å²) in [5.41, 5.74) is 2.37. The summed E-state index contributed by atoms with van der Waals surface area (Å²) < 4.78 is 2.06. The molecule has 0 spiro atoms. The fourth-order valence-corrected chi connectivity index (χ4v) is 4.31. The molecule has 4 aromatic rings. The fraction of sp³-hybridized carbons (Fsp3) is 0.125. The highest BCUT2D eigenvalue weighted by atomic mass is 35.5. The van der Waals surface area contributed by atoms with Crippen LogP contribution < -0.4 is 5.32 Å². The Morgan fingerprint density at radius 1 is 1.00 bits per heavy atom. The zero-order chi connectivity index (χ0) is 20.9. The van der Waals surface area contributed by atoms with E-state index >= 15 is 0 Å². The van der Waals surface area contributed by atoms with Crippen molar-refractivity contribution in [2.24, 2.45) is 0 Å². The number of hydrogen-bond acceptors (Lipinski definition) is 3. The van der Waals surface area contributed by atoms with Gasteiger partial charge >= 0.3 is 0 Å². The molecular weight excluding hydrogens is 416 g/mol. The van der Waals surface area contributed by atoms with Crippen LogP contribution in [0.5, 0.6) is 0 Å². The van der Waals surface area contributed by atoms with Gasteiger partial charge in [0.25, 0.3) is 5.91 Å². The van der Waals surface area contributed by atoms with E-state index in [0.717, 1.165) is 21.5 Å². The number of thioether (sulfide) groups is 1. The van der Waals surface area contributed by atoms with Crippen LogP contribution >= 0.6 is 23.4 Å². The normalized spacial score (nSPS) is 12.1. The average molecular weight is 437 g/mol. The molecular formula is C24H21ClN2O2S. The predicted molar refractivity (Wildman–Crippen MR) is 125 cm³/mol. The van der Waals surface area contributed by atoms with E-state index in [-0.39, 0.29) is 5.91 Å². The van der Waals surface area contributed by atoms with E-state index in [1.165, 1.54) is 11.8 Å². The topological polar surface area (TPSA) is 54.3 Å². The number of para-hydroxylation sites is 2. The zero-order valence-electron chi connectivity index (χ0n) is 16.2.